The average molecular weight is 324 g/mol. The fourth-order valence-corrected chi connectivity index (χ4v) is 2.23. The van der Waals surface area contributed by atoms with Gasteiger partial charge < -0.3 is 0 Å². The van der Waals surface area contributed by atoms with E-state index >= 15 is 0 Å². The van der Waals surface area contributed by atoms with Gasteiger partial charge in [0.1, 0.15) is 17.5 Å². The summed E-state index contributed by atoms with van der Waals surface area (Å²) in [4.78, 5) is 0. The third-order valence-corrected chi connectivity index (χ3v) is 3.23. The Morgan fingerprint density at radius 3 is 1.78 bits per heavy atom. The summed E-state index contributed by atoms with van der Waals surface area (Å²) in [7, 11) is 0. The molecule has 0 saturated heterocycles. The zero-order valence-corrected chi connectivity index (χ0v) is 12.4. The van der Waals surface area contributed by atoms with E-state index in [0.29, 0.717) is 0 Å². The summed E-state index contributed by atoms with van der Waals surface area (Å²) < 4.78 is 70.0. The molecule has 0 spiro atoms. The number of hydrogen-bond donors (Lipinski definition) is 0. The monoisotopic (exact) mass is 324 g/mol. The molecule has 120 valence electrons. The van der Waals surface area contributed by atoms with Gasteiger partial charge in [-0.05, 0) is 37.6 Å². The molecular weight excluding hydrogens is 311 g/mol. The van der Waals surface area contributed by atoms with Crippen LogP contribution in [0.15, 0.2) is 30.4 Å². The Hall–Kier alpha value is -2.43. The minimum absolute atomic E-state index is 0.280. The van der Waals surface area contributed by atoms with Gasteiger partial charge in [-0.1, -0.05) is 24.3 Å². The quantitative estimate of drug-likeness (QED) is 0.471. The molecule has 0 unspecified atom stereocenters. The highest BCUT2D eigenvalue weighted by molar-refractivity contribution is 5.70. The first-order valence-corrected chi connectivity index (χ1v) is 6.83. The van der Waals surface area contributed by atoms with Crippen LogP contribution in [0.1, 0.15) is 25.0 Å². The Bertz CT molecular complexity index is 781. The van der Waals surface area contributed by atoms with E-state index < -0.39 is 40.2 Å². The first-order valence-electron chi connectivity index (χ1n) is 6.83. The molecule has 2 rings (SSSR count). The van der Waals surface area contributed by atoms with E-state index in [0.717, 1.165) is 18.2 Å². The molecule has 0 amide bonds. The summed E-state index contributed by atoms with van der Waals surface area (Å²) >= 11 is 0. The number of benzene rings is 2. The van der Waals surface area contributed by atoms with Gasteiger partial charge in [0.2, 0.25) is 0 Å². The Balaban J connectivity index is 2.71. The van der Waals surface area contributed by atoms with E-state index in [1.165, 1.54) is 24.3 Å². The normalized spacial score (nSPS) is 11.8. The third kappa shape index (κ3) is 3.18. The second-order valence-corrected chi connectivity index (χ2v) is 4.80. The molecule has 0 aliphatic carbocycles. The van der Waals surface area contributed by atoms with Crippen LogP contribution in [0.4, 0.5) is 22.0 Å². The topological polar surface area (TPSA) is 0 Å². The number of rotatable bonds is 3. The number of halogens is 5. The predicted molar refractivity (Wildman–Crippen MR) is 81.1 cm³/mol. The van der Waals surface area contributed by atoms with E-state index in [-0.39, 0.29) is 11.1 Å². The summed E-state index contributed by atoms with van der Waals surface area (Å²) in [5, 5.41) is 0. The maximum absolute atomic E-state index is 14.1. The molecular formula is C18H13F5. The Kier molecular flexibility index (Phi) is 4.98. The molecule has 23 heavy (non-hydrogen) atoms. The second kappa shape index (κ2) is 6.77. The minimum atomic E-state index is -1.49. The van der Waals surface area contributed by atoms with Crippen molar-refractivity contribution in [3.63, 3.8) is 0 Å². The van der Waals surface area contributed by atoms with Gasteiger partial charge in [-0.3, -0.25) is 0 Å². The van der Waals surface area contributed by atoms with Crippen molar-refractivity contribution < 1.29 is 22.0 Å². The first kappa shape index (κ1) is 16.9. The van der Waals surface area contributed by atoms with Crippen molar-refractivity contribution in [2.45, 2.75) is 13.8 Å². The smallest absolute Gasteiger partial charge is 0.170 e. The van der Waals surface area contributed by atoms with E-state index in [2.05, 4.69) is 0 Å². The van der Waals surface area contributed by atoms with E-state index in [1.807, 2.05) is 0 Å². The summed E-state index contributed by atoms with van der Waals surface area (Å²) in [5.41, 5.74) is -1.82. The van der Waals surface area contributed by atoms with Gasteiger partial charge in [-0.2, -0.15) is 0 Å². The standard InChI is InChI=1S/C18H13F5/c1-3-5-10-7-15(21)16(18(23)17(10)22)11-8-13(19)12(6-4-2)14(20)9-11/h3-9H,1-2H3. The van der Waals surface area contributed by atoms with Crippen LogP contribution in [0.5, 0.6) is 0 Å². The molecule has 0 N–H and O–H groups in total. The van der Waals surface area contributed by atoms with Crippen LogP contribution >= 0.6 is 0 Å². The van der Waals surface area contributed by atoms with E-state index in [1.54, 1.807) is 13.8 Å². The summed E-state index contributed by atoms with van der Waals surface area (Å²) in [6.07, 6.45) is 5.23. The van der Waals surface area contributed by atoms with Crippen molar-refractivity contribution in [2.24, 2.45) is 0 Å². The highest BCUT2D eigenvalue weighted by atomic mass is 19.2. The maximum atomic E-state index is 14.1. The Morgan fingerprint density at radius 1 is 0.696 bits per heavy atom. The van der Waals surface area contributed by atoms with E-state index in [4.69, 9.17) is 0 Å². The molecule has 0 heterocycles. The molecule has 0 bridgehead atoms. The summed E-state index contributed by atoms with van der Waals surface area (Å²) in [6.45, 7) is 3.13. The molecule has 0 aliphatic heterocycles. The van der Waals surface area contributed by atoms with Crippen LogP contribution in [-0.4, -0.2) is 0 Å². The van der Waals surface area contributed by atoms with Crippen molar-refractivity contribution in [1.29, 1.82) is 0 Å². The van der Waals surface area contributed by atoms with E-state index in [9.17, 15) is 22.0 Å². The summed E-state index contributed by atoms with van der Waals surface area (Å²) in [6, 6.07) is 2.33. The molecule has 0 aliphatic rings. The number of hydrogen-bond acceptors (Lipinski definition) is 0. The first-order chi connectivity index (χ1) is 10.9. The van der Waals surface area contributed by atoms with Gasteiger partial charge in [0.05, 0.1) is 5.56 Å². The van der Waals surface area contributed by atoms with Crippen LogP contribution in [-0.2, 0) is 0 Å². The number of allylic oxidation sites excluding steroid dienone is 2. The van der Waals surface area contributed by atoms with Gasteiger partial charge in [-0.15, -0.1) is 0 Å². The SMILES string of the molecule is CC=Cc1cc(F)c(-c2cc(F)c(C=CC)c(F)c2)c(F)c1F. The maximum Gasteiger partial charge on any atom is 0.170 e. The highest BCUT2D eigenvalue weighted by Gasteiger charge is 2.21. The lowest BCUT2D eigenvalue weighted by molar-refractivity contribution is 0.496. The fourth-order valence-electron chi connectivity index (χ4n) is 2.23. The van der Waals surface area contributed by atoms with Crippen molar-refractivity contribution in [3.8, 4) is 11.1 Å². The lowest BCUT2D eigenvalue weighted by Gasteiger charge is -2.10. The average Bonchev–Trinajstić information content (AvgIpc) is 2.48. The molecule has 0 radical (unpaired) electrons. The molecule has 2 aromatic carbocycles. The van der Waals surface area contributed by atoms with Crippen molar-refractivity contribution in [3.05, 3.63) is 70.6 Å². The molecule has 0 saturated carbocycles. The zero-order valence-electron chi connectivity index (χ0n) is 12.4. The van der Waals surface area contributed by atoms with Crippen molar-refractivity contribution >= 4 is 12.2 Å². The van der Waals surface area contributed by atoms with Crippen molar-refractivity contribution in [2.75, 3.05) is 0 Å². The molecule has 5 heteroatoms. The highest BCUT2D eigenvalue weighted by Crippen LogP contribution is 2.32. The van der Waals surface area contributed by atoms with Gasteiger partial charge in [0.25, 0.3) is 0 Å². The Morgan fingerprint density at radius 2 is 1.26 bits per heavy atom. The van der Waals surface area contributed by atoms with Gasteiger partial charge in [-0.25, -0.2) is 22.0 Å². The third-order valence-electron chi connectivity index (χ3n) is 3.23. The lowest BCUT2D eigenvalue weighted by atomic mass is 9.99. The van der Waals surface area contributed by atoms with Gasteiger partial charge in [0.15, 0.2) is 11.6 Å². The molecule has 2 aromatic rings. The lowest BCUT2D eigenvalue weighted by Crippen LogP contribution is -2.00. The minimum Gasteiger partial charge on any atom is -0.206 e. The van der Waals surface area contributed by atoms with Crippen LogP contribution in [0.25, 0.3) is 23.3 Å². The fraction of sp³-hybridized carbons (Fsp3) is 0.111. The van der Waals surface area contributed by atoms with Crippen LogP contribution in [0.3, 0.4) is 0 Å². The largest absolute Gasteiger partial charge is 0.206 e. The summed E-state index contributed by atoms with van der Waals surface area (Å²) in [5.74, 6) is -5.85. The van der Waals surface area contributed by atoms with Crippen LogP contribution in [0.2, 0.25) is 0 Å². The van der Waals surface area contributed by atoms with Crippen molar-refractivity contribution in [1.82, 2.24) is 0 Å². The molecule has 0 atom stereocenters. The van der Waals surface area contributed by atoms with Gasteiger partial charge in [0, 0.05) is 11.1 Å². The van der Waals surface area contributed by atoms with Gasteiger partial charge >= 0.3 is 0 Å². The molecule has 0 aromatic heterocycles. The predicted octanol–water partition coefficient (Wildman–Crippen LogP) is 6.12. The van der Waals surface area contributed by atoms with Crippen LogP contribution < -0.4 is 0 Å². The van der Waals surface area contributed by atoms with Crippen LogP contribution in [0, 0.1) is 29.1 Å². The second-order valence-electron chi connectivity index (χ2n) is 4.80. The molecule has 0 nitrogen and oxygen atoms in total. The molecule has 0 fully saturated rings. The Labute approximate surface area is 130 Å². The zero-order chi connectivity index (χ0) is 17.1.